The molecule has 0 atom stereocenters. The molecule has 1 aromatic carbocycles. The fourth-order valence-electron chi connectivity index (χ4n) is 1.35. The van der Waals surface area contributed by atoms with Crippen molar-refractivity contribution in [2.75, 3.05) is 6.61 Å². The van der Waals surface area contributed by atoms with Crippen LogP contribution in [0.15, 0.2) is 18.2 Å². The third-order valence-electron chi connectivity index (χ3n) is 2.31. The van der Waals surface area contributed by atoms with Crippen LogP contribution in [0.3, 0.4) is 0 Å². The first-order valence-corrected chi connectivity index (χ1v) is 4.39. The van der Waals surface area contributed by atoms with E-state index in [0.29, 0.717) is 0 Å². The summed E-state index contributed by atoms with van der Waals surface area (Å²) in [4.78, 5) is 0. The van der Waals surface area contributed by atoms with Gasteiger partial charge in [-0.2, -0.15) is 0 Å². The van der Waals surface area contributed by atoms with Gasteiger partial charge < -0.3 is 5.11 Å². The molecule has 0 saturated heterocycles. The Labute approximate surface area is 102 Å². The molecule has 0 N–H and O–H groups in total. The minimum atomic E-state index is 0. The Morgan fingerprint density at radius 1 is 1.23 bits per heavy atom. The number of hydrogen-bond acceptors (Lipinski definition) is 1. The normalized spacial score (nSPS) is 9.46. The summed E-state index contributed by atoms with van der Waals surface area (Å²) in [5, 5.41) is 10.3. The summed E-state index contributed by atoms with van der Waals surface area (Å²) in [6, 6.07) is 6.27. The number of benzene rings is 1. The SMILES string of the molecule is Cc1cccc(CCC[O-])c1C.[Na+]. The summed E-state index contributed by atoms with van der Waals surface area (Å²) >= 11 is 0. The van der Waals surface area contributed by atoms with Gasteiger partial charge in [0.05, 0.1) is 0 Å². The van der Waals surface area contributed by atoms with Crippen LogP contribution in [0.25, 0.3) is 0 Å². The minimum Gasteiger partial charge on any atom is -0.854 e. The van der Waals surface area contributed by atoms with Gasteiger partial charge in [-0.15, -0.1) is 6.61 Å². The van der Waals surface area contributed by atoms with Gasteiger partial charge in [-0.05, 0) is 37.0 Å². The van der Waals surface area contributed by atoms with E-state index in [4.69, 9.17) is 0 Å². The smallest absolute Gasteiger partial charge is 0.854 e. The van der Waals surface area contributed by atoms with Crippen LogP contribution in [-0.2, 0) is 6.42 Å². The van der Waals surface area contributed by atoms with E-state index in [0.717, 1.165) is 12.8 Å². The van der Waals surface area contributed by atoms with E-state index in [1.54, 1.807) is 0 Å². The largest absolute Gasteiger partial charge is 1.00 e. The van der Waals surface area contributed by atoms with E-state index < -0.39 is 0 Å². The van der Waals surface area contributed by atoms with Crippen molar-refractivity contribution in [1.29, 1.82) is 0 Å². The van der Waals surface area contributed by atoms with Crippen molar-refractivity contribution in [3.63, 3.8) is 0 Å². The molecule has 0 aliphatic heterocycles. The van der Waals surface area contributed by atoms with E-state index in [1.807, 2.05) is 0 Å². The number of aryl methyl sites for hydroxylation is 2. The summed E-state index contributed by atoms with van der Waals surface area (Å²) in [6.07, 6.45) is 1.68. The Morgan fingerprint density at radius 3 is 2.54 bits per heavy atom. The molecule has 0 aliphatic carbocycles. The summed E-state index contributed by atoms with van der Waals surface area (Å²) in [5.41, 5.74) is 3.98. The maximum absolute atomic E-state index is 10.3. The van der Waals surface area contributed by atoms with Gasteiger partial charge in [0, 0.05) is 0 Å². The zero-order valence-electron chi connectivity index (χ0n) is 8.76. The van der Waals surface area contributed by atoms with Crippen LogP contribution >= 0.6 is 0 Å². The van der Waals surface area contributed by atoms with Crippen molar-refractivity contribution in [1.82, 2.24) is 0 Å². The number of rotatable bonds is 3. The Balaban J connectivity index is 0.00000144. The van der Waals surface area contributed by atoms with Crippen molar-refractivity contribution in [3.8, 4) is 0 Å². The van der Waals surface area contributed by atoms with Gasteiger partial charge in [0.1, 0.15) is 0 Å². The molecule has 0 unspecified atom stereocenters. The second-order valence-corrected chi connectivity index (χ2v) is 3.17. The fraction of sp³-hybridized carbons (Fsp3) is 0.455. The van der Waals surface area contributed by atoms with Crippen LogP contribution in [0.5, 0.6) is 0 Å². The molecule has 0 aliphatic rings. The predicted octanol–water partition coefficient (Wildman–Crippen LogP) is -1.40. The molecule has 1 nitrogen and oxygen atoms in total. The van der Waals surface area contributed by atoms with Crippen LogP contribution in [0.1, 0.15) is 23.1 Å². The van der Waals surface area contributed by atoms with Crippen molar-refractivity contribution >= 4 is 0 Å². The average Bonchev–Trinajstić information content (AvgIpc) is 2.08. The molecule has 2 heteroatoms. The molecule has 0 amide bonds. The molecule has 0 aromatic heterocycles. The Hall–Kier alpha value is 0.180. The monoisotopic (exact) mass is 186 g/mol. The topological polar surface area (TPSA) is 23.1 Å². The third-order valence-corrected chi connectivity index (χ3v) is 2.31. The van der Waals surface area contributed by atoms with Gasteiger partial charge >= 0.3 is 29.6 Å². The molecular weight excluding hydrogens is 171 g/mol. The van der Waals surface area contributed by atoms with Gasteiger partial charge in [-0.3, -0.25) is 0 Å². The molecule has 0 radical (unpaired) electrons. The van der Waals surface area contributed by atoms with Crippen LogP contribution in [0.2, 0.25) is 0 Å². The summed E-state index contributed by atoms with van der Waals surface area (Å²) in [5.74, 6) is 0. The first kappa shape index (κ1) is 13.2. The Morgan fingerprint density at radius 2 is 1.92 bits per heavy atom. The van der Waals surface area contributed by atoms with E-state index in [2.05, 4.69) is 32.0 Å². The minimum absolute atomic E-state index is 0. The molecule has 0 bridgehead atoms. The van der Waals surface area contributed by atoms with Gasteiger partial charge in [0.2, 0.25) is 0 Å². The van der Waals surface area contributed by atoms with E-state index in [1.165, 1.54) is 16.7 Å². The summed E-state index contributed by atoms with van der Waals surface area (Å²) < 4.78 is 0. The van der Waals surface area contributed by atoms with E-state index >= 15 is 0 Å². The standard InChI is InChI=1S/C11H15O.Na/c1-9-5-3-6-11(10(9)2)7-4-8-12;/h3,5-6H,4,7-8H2,1-2H3;/q-1;+1. The van der Waals surface area contributed by atoms with Crippen LogP contribution < -0.4 is 34.7 Å². The molecule has 1 aromatic rings. The third kappa shape index (κ3) is 3.82. The van der Waals surface area contributed by atoms with Crippen molar-refractivity contribution in [2.45, 2.75) is 26.7 Å². The zero-order chi connectivity index (χ0) is 8.97. The second kappa shape index (κ2) is 6.61. The van der Waals surface area contributed by atoms with E-state index in [9.17, 15) is 5.11 Å². The summed E-state index contributed by atoms with van der Waals surface area (Å²) in [7, 11) is 0. The molecule has 66 valence electrons. The Kier molecular flexibility index (Phi) is 6.70. The molecular formula is C11H15NaO. The van der Waals surface area contributed by atoms with Gasteiger partial charge in [0.25, 0.3) is 0 Å². The zero-order valence-corrected chi connectivity index (χ0v) is 10.8. The maximum atomic E-state index is 10.3. The van der Waals surface area contributed by atoms with Crippen molar-refractivity contribution < 1.29 is 34.7 Å². The first-order valence-electron chi connectivity index (χ1n) is 4.39. The molecule has 0 spiro atoms. The maximum Gasteiger partial charge on any atom is 1.00 e. The van der Waals surface area contributed by atoms with Gasteiger partial charge in [-0.1, -0.05) is 24.6 Å². The van der Waals surface area contributed by atoms with Gasteiger partial charge in [0.15, 0.2) is 0 Å². The molecule has 1 rings (SSSR count). The number of hydrogen-bond donors (Lipinski definition) is 0. The van der Waals surface area contributed by atoms with Gasteiger partial charge in [-0.25, -0.2) is 0 Å². The molecule has 0 fully saturated rings. The molecule has 13 heavy (non-hydrogen) atoms. The Bertz CT molecular complexity index is 258. The predicted molar refractivity (Wildman–Crippen MR) is 49.1 cm³/mol. The first-order chi connectivity index (χ1) is 5.75. The van der Waals surface area contributed by atoms with Crippen LogP contribution in [-0.4, -0.2) is 6.61 Å². The van der Waals surface area contributed by atoms with Crippen molar-refractivity contribution in [2.24, 2.45) is 0 Å². The summed E-state index contributed by atoms with van der Waals surface area (Å²) in [6.45, 7) is 4.26. The van der Waals surface area contributed by atoms with Crippen LogP contribution in [0.4, 0.5) is 0 Å². The average molecular weight is 186 g/mol. The molecule has 0 heterocycles. The quantitative estimate of drug-likeness (QED) is 0.532. The van der Waals surface area contributed by atoms with Crippen molar-refractivity contribution in [3.05, 3.63) is 34.9 Å². The van der Waals surface area contributed by atoms with E-state index in [-0.39, 0.29) is 36.2 Å². The second-order valence-electron chi connectivity index (χ2n) is 3.17. The fourth-order valence-corrected chi connectivity index (χ4v) is 1.35. The van der Waals surface area contributed by atoms with Crippen LogP contribution in [0, 0.1) is 13.8 Å². The molecule has 0 saturated carbocycles.